The molecular formula is C26H19BrCl2N2O4S. The topological polar surface area (TPSA) is 75.7 Å². The largest absolute Gasteiger partial charge is 0.483 e. The Hall–Kier alpha value is -2.78. The van der Waals surface area contributed by atoms with Gasteiger partial charge in [0.25, 0.3) is 17.1 Å². The van der Waals surface area contributed by atoms with Gasteiger partial charge in [0, 0.05) is 25.8 Å². The molecule has 0 aromatic heterocycles. The van der Waals surface area contributed by atoms with Crippen LogP contribution in [0.25, 0.3) is 6.08 Å². The maximum absolute atomic E-state index is 13.0. The standard InChI is InChI=1S/C26H19BrCl2N2O4S/c1-15-6-8-19(12-21(15)29)30-24(32)14-35-22-9-7-18(27)10-17(22)11-23-25(33)31(26(34)36-23)13-16-4-2-3-5-20(16)28/h2-12H,13-14H2,1H3,(H,30,32)/b23-11-. The third-order valence-corrected chi connectivity index (χ3v) is 7.41. The van der Waals surface area contributed by atoms with Gasteiger partial charge < -0.3 is 10.1 Å². The van der Waals surface area contributed by atoms with Gasteiger partial charge >= 0.3 is 0 Å². The van der Waals surface area contributed by atoms with E-state index in [2.05, 4.69) is 21.2 Å². The van der Waals surface area contributed by atoms with Crippen molar-refractivity contribution in [1.29, 1.82) is 0 Å². The van der Waals surface area contributed by atoms with Crippen molar-refractivity contribution < 1.29 is 19.1 Å². The predicted octanol–water partition coefficient (Wildman–Crippen LogP) is 7.32. The third-order valence-electron chi connectivity index (χ3n) is 5.23. The van der Waals surface area contributed by atoms with Crippen molar-refractivity contribution in [3.05, 3.63) is 96.8 Å². The maximum atomic E-state index is 13.0. The second-order valence-corrected chi connectivity index (χ2v) is 10.6. The van der Waals surface area contributed by atoms with Crippen LogP contribution in [0.2, 0.25) is 10.0 Å². The average molecular weight is 606 g/mol. The number of hydrogen-bond acceptors (Lipinski definition) is 5. The number of ether oxygens (including phenoxy) is 1. The number of aryl methyl sites for hydroxylation is 1. The van der Waals surface area contributed by atoms with Gasteiger partial charge in [-0.15, -0.1) is 0 Å². The highest BCUT2D eigenvalue weighted by Crippen LogP contribution is 2.36. The first kappa shape index (κ1) is 26.3. The molecule has 3 aromatic carbocycles. The van der Waals surface area contributed by atoms with Gasteiger partial charge in [0.2, 0.25) is 0 Å². The molecule has 0 unspecified atom stereocenters. The first-order valence-electron chi connectivity index (χ1n) is 10.7. The fourth-order valence-corrected chi connectivity index (χ4v) is 4.93. The van der Waals surface area contributed by atoms with Crippen LogP contribution in [-0.4, -0.2) is 28.6 Å². The highest BCUT2D eigenvalue weighted by Gasteiger charge is 2.35. The minimum absolute atomic E-state index is 0.0761. The Morgan fingerprint density at radius 2 is 1.86 bits per heavy atom. The molecule has 10 heteroatoms. The Kier molecular flexibility index (Phi) is 8.41. The number of benzene rings is 3. The second-order valence-electron chi connectivity index (χ2n) is 7.84. The lowest BCUT2D eigenvalue weighted by molar-refractivity contribution is -0.123. The van der Waals surface area contributed by atoms with Crippen molar-refractivity contribution >= 4 is 79.7 Å². The zero-order valence-electron chi connectivity index (χ0n) is 18.9. The van der Waals surface area contributed by atoms with E-state index in [1.807, 2.05) is 13.0 Å². The molecule has 6 nitrogen and oxygen atoms in total. The summed E-state index contributed by atoms with van der Waals surface area (Å²) in [6.07, 6.45) is 1.58. The lowest BCUT2D eigenvalue weighted by atomic mass is 10.1. The first-order valence-corrected chi connectivity index (χ1v) is 13.0. The van der Waals surface area contributed by atoms with Crippen molar-refractivity contribution in [2.24, 2.45) is 0 Å². The smallest absolute Gasteiger partial charge is 0.293 e. The maximum Gasteiger partial charge on any atom is 0.293 e. The molecule has 184 valence electrons. The Labute approximate surface area is 230 Å². The van der Waals surface area contributed by atoms with Gasteiger partial charge in [-0.05, 0) is 72.3 Å². The number of thioether (sulfide) groups is 1. The molecule has 3 aromatic rings. The van der Waals surface area contributed by atoms with Crippen LogP contribution < -0.4 is 10.1 Å². The van der Waals surface area contributed by atoms with Crippen LogP contribution in [-0.2, 0) is 16.1 Å². The summed E-state index contributed by atoms with van der Waals surface area (Å²) in [5.74, 6) is -0.415. The van der Waals surface area contributed by atoms with Gasteiger partial charge in [0.05, 0.1) is 11.4 Å². The van der Waals surface area contributed by atoms with Crippen molar-refractivity contribution in [2.75, 3.05) is 11.9 Å². The van der Waals surface area contributed by atoms with E-state index < -0.39 is 5.91 Å². The van der Waals surface area contributed by atoms with Gasteiger partial charge in [0.1, 0.15) is 5.75 Å². The van der Waals surface area contributed by atoms with Crippen molar-refractivity contribution in [2.45, 2.75) is 13.5 Å². The number of hydrogen-bond donors (Lipinski definition) is 1. The number of imide groups is 1. The minimum atomic E-state index is -0.426. The molecule has 0 bridgehead atoms. The normalized spacial score (nSPS) is 14.4. The number of halogens is 3. The van der Waals surface area contributed by atoms with Crippen LogP contribution in [0.3, 0.4) is 0 Å². The number of nitrogens with one attached hydrogen (secondary N) is 1. The molecule has 4 rings (SSSR count). The van der Waals surface area contributed by atoms with Crippen LogP contribution in [0.5, 0.6) is 5.75 Å². The van der Waals surface area contributed by atoms with E-state index in [9.17, 15) is 14.4 Å². The summed E-state index contributed by atoms with van der Waals surface area (Å²) in [5, 5.41) is 3.38. The number of rotatable bonds is 7. The fraction of sp³-hybridized carbons (Fsp3) is 0.115. The van der Waals surface area contributed by atoms with Crippen molar-refractivity contribution in [3.63, 3.8) is 0 Å². The highest BCUT2D eigenvalue weighted by molar-refractivity contribution is 9.10. The minimum Gasteiger partial charge on any atom is -0.483 e. The quantitative estimate of drug-likeness (QED) is 0.286. The summed E-state index contributed by atoms with van der Waals surface area (Å²) in [6.45, 7) is 1.69. The molecule has 1 heterocycles. The summed E-state index contributed by atoms with van der Waals surface area (Å²) in [7, 11) is 0. The third kappa shape index (κ3) is 6.31. The van der Waals surface area contributed by atoms with Gasteiger partial charge in [-0.3, -0.25) is 19.3 Å². The molecule has 36 heavy (non-hydrogen) atoms. The SMILES string of the molecule is Cc1ccc(NC(=O)COc2ccc(Br)cc2/C=C2\SC(=O)N(Cc3ccccc3Cl)C2=O)cc1Cl. The van der Waals surface area contributed by atoms with Gasteiger partial charge in [-0.1, -0.05) is 63.4 Å². The number of carbonyl (C=O) groups excluding carboxylic acids is 3. The molecule has 1 fully saturated rings. The predicted molar refractivity (Wildman–Crippen MR) is 147 cm³/mol. The van der Waals surface area contributed by atoms with Gasteiger partial charge in [-0.25, -0.2) is 0 Å². The molecule has 0 saturated carbocycles. The molecule has 1 aliphatic heterocycles. The molecule has 0 spiro atoms. The van der Waals surface area contributed by atoms with Crippen LogP contribution in [0.1, 0.15) is 16.7 Å². The Morgan fingerprint density at radius 1 is 1.08 bits per heavy atom. The van der Waals surface area contributed by atoms with Crippen molar-refractivity contribution in [1.82, 2.24) is 4.90 Å². The van der Waals surface area contributed by atoms with E-state index in [1.54, 1.807) is 60.7 Å². The lowest BCUT2D eigenvalue weighted by Crippen LogP contribution is -2.27. The van der Waals surface area contributed by atoms with E-state index in [-0.39, 0.29) is 29.2 Å². The zero-order chi connectivity index (χ0) is 25.8. The van der Waals surface area contributed by atoms with E-state index in [0.29, 0.717) is 32.6 Å². The summed E-state index contributed by atoms with van der Waals surface area (Å²) < 4.78 is 6.49. The Morgan fingerprint density at radius 3 is 2.61 bits per heavy atom. The molecular weight excluding hydrogens is 587 g/mol. The molecule has 1 saturated heterocycles. The second kappa shape index (κ2) is 11.5. The van der Waals surface area contributed by atoms with E-state index in [0.717, 1.165) is 26.7 Å². The highest BCUT2D eigenvalue weighted by atomic mass is 79.9. The molecule has 1 N–H and O–H groups in total. The van der Waals surface area contributed by atoms with Crippen LogP contribution >= 0.6 is 50.9 Å². The summed E-state index contributed by atoms with van der Waals surface area (Å²) in [4.78, 5) is 39.4. The molecule has 0 radical (unpaired) electrons. The summed E-state index contributed by atoms with van der Waals surface area (Å²) >= 11 is 16.6. The molecule has 0 aliphatic carbocycles. The summed E-state index contributed by atoms with van der Waals surface area (Å²) in [5.41, 5.74) is 2.68. The summed E-state index contributed by atoms with van der Waals surface area (Å²) in [6, 6.07) is 17.5. The fourth-order valence-electron chi connectivity index (χ4n) is 3.35. The lowest BCUT2D eigenvalue weighted by Gasteiger charge is -2.13. The monoisotopic (exact) mass is 604 g/mol. The molecule has 0 atom stereocenters. The average Bonchev–Trinajstić information content (AvgIpc) is 3.09. The van der Waals surface area contributed by atoms with Crippen LogP contribution in [0, 0.1) is 6.92 Å². The van der Waals surface area contributed by atoms with E-state index in [1.165, 1.54) is 0 Å². The number of anilines is 1. The molecule has 1 aliphatic rings. The van der Waals surface area contributed by atoms with E-state index in [4.69, 9.17) is 27.9 Å². The number of carbonyl (C=O) groups is 3. The van der Waals surface area contributed by atoms with Gasteiger partial charge in [-0.2, -0.15) is 0 Å². The van der Waals surface area contributed by atoms with Crippen LogP contribution in [0.15, 0.2) is 70.0 Å². The van der Waals surface area contributed by atoms with E-state index >= 15 is 0 Å². The zero-order valence-corrected chi connectivity index (χ0v) is 22.8. The Balaban J connectivity index is 1.48. The van der Waals surface area contributed by atoms with Crippen molar-refractivity contribution in [3.8, 4) is 5.75 Å². The number of nitrogens with zero attached hydrogens (tertiary/aromatic N) is 1. The Bertz CT molecular complexity index is 1400. The molecule has 3 amide bonds. The first-order chi connectivity index (χ1) is 17.2. The van der Waals surface area contributed by atoms with Crippen LogP contribution in [0.4, 0.5) is 10.5 Å². The number of amides is 3. The van der Waals surface area contributed by atoms with Gasteiger partial charge in [0.15, 0.2) is 6.61 Å².